The van der Waals surface area contributed by atoms with Crippen molar-refractivity contribution in [2.45, 2.75) is 6.54 Å². The summed E-state index contributed by atoms with van der Waals surface area (Å²) in [5, 5.41) is 13.2. The standard InChI is InChI=1S/C11H11ClN4OS/c1-13-10-5-3-8(15-16-10)11(17)14-6-7-2-4-9(12)18-7/h2-5H,6H2,1H3,(H,13,16)(H,14,17). The Labute approximate surface area is 113 Å². The lowest BCUT2D eigenvalue weighted by molar-refractivity contribution is 0.0945. The van der Waals surface area contributed by atoms with Crippen LogP contribution in [0.5, 0.6) is 0 Å². The third-order valence-electron chi connectivity index (χ3n) is 2.21. The smallest absolute Gasteiger partial charge is 0.272 e. The zero-order chi connectivity index (χ0) is 13.0. The Morgan fingerprint density at radius 1 is 1.33 bits per heavy atom. The Morgan fingerprint density at radius 2 is 2.17 bits per heavy atom. The average molecular weight is 283 g/mol. The van der Waals surface area contributed by atoms with E-state index >= 15 is 0 Å². The van der Waals surface area contributed by atoms with Gasteiger partial charge in [-0.15, -0.1) is 21.5 Å². The first kappa shape index (κ1) is 12.8. The molecule has 0 aliphatic carbocycles. The van der Waals surface area contributed by atoms with Crippen molar-refractivity contribution >= 4 is 34.7 Å². The number of carbonyl (C=O) groups is 1. The van der Waals surface area contributed by atoms with Crippen molar-refractivity contribution in [2.24, 2.45) is 0 Å². The third kappa shape index (κ3) is 3.18. The molecule has 1 amide bonds. The summed E-state index contributed by atoms with van der Waals surface area (Å²) in [5.74, 6) is 0.367. The number of hydrogen-bond donors (Lipinski definition) is 2. The van der Waals surface area contributed by atoms with E-state index in [1.54, 1.807) is 25.2 Å². The number of halogens is 1. The van der Waals surface area contributed by atoms with E-state index in [0.29, 0.717) is 16.7 Å². The van der Waals surface area contributed by atoms with Gasteiger partial charge in [0.15, 0.2) is 5.69 Å². The molecule has 2 N–H and O–H groups in total. The lowest BCUT2D eigenvalue weighted by atomic mass is 10.3. The van der Waals surface area contributed by atoms with Crippen LogP contribution in [0.2, 0.25) is 4.34 Å². The molecule has 2 rings (SSSR count). The maximum atomic E-state index is 11.8. The Kier molecular flexibility index (Phi) is 4.11. The lowest BCUT2D eigenvalue weighted by Gasteiger charge is -2.03. The summed E-state index contributed by atoms with van der Waals surface area (Å²) in [6, 6.07) is 7.00. The summed E-state index contributed by atoms with van der Waals surface area (Å²) < 4.78 is 0.706. The molecule has 0 saturated carbocycles. The van der Waals surface area contributed by atoms with Crippen LogP contribution in [0.4, 0.5) is 5.82 Å². The predicted molar refractivity (Wildman–Crippen MR) is 72.1 cm³/mol. The molecule has 7 heteroatoms. The van der Waals surface area contributed by atoms with Gasteiger partial charge in [-0.2, -0.15) is 0 Å². The van der Waals surface area contributed by atoms with E-state index in [1.807, 2.05) is 6.07 Å². The molecule has 2 aromatic rings. The van der Waals surface area contributed by atoms with E-state index in [-0.39, 0.29) is 11.6 Å². The molecule has 94 valence electrons. The molecule has 0 fully saturated rings. The van der Waals surface area contributed by atoms with Crippen LogP contribution in [0.15, 0.2) is 24.3 Å². The fraction of sp³-hybridized carbons (Fsp3) is 0.182. The van der Waals surface area contributed by atoms with Crippen LogP contribution in [0, 0.1) is 0 Å². The van der Waals surface area contributed by atoms with Gasteiger partial charge >= 0.3 is 0 Å². The molecular weight excluding hydrogens is 272 g/mol. The molecule has 0 spiro atoms. The van der Waals surface area contributed by atoms with Crippen LogP contribution in [0.25, 0.3) is 0 Å². The second kappa shape index (κ2) is 5.79. The zero-order valence-corrected chi connectivity index (χ0v) is 11.2. The minimum absolute atomic E-state index is 0.255. The molecule has 2 aromatic heterocycles. The molecule has 2 heterocycles. The minimum Gasteiger partial charge on any atom is -0.372 e. The van der Waals surface area contributed by atoms with Gasteiger partial charge in [0.1, 0.15) is 5.82 Å². The molecule has 0 aliphatic heterocycles. The van der Waals surface area contributed by atoms with Crippen LogP contribution in [0.1, 0.15) is 15.4 Å². The van der Waals surface area contributed by atoms with E-state index < -0.39 is 0 Å². The van der Waals surface area contributed by atoms with Gasteiger partial charge in [-0.05, 0) is 24.3 Å². The number of nitrogens with zero attached hydrogens (tertiary/aromatic N) is 2. The highest BCUT2D eigenvalue weighted by Crippen LogP contribution is 2.21. The first-order valence-corrected chi connectivity index (χ1v) is 6.42. The van der Waals surface area contributed by atoms with Crippen molar-refractivity contribution in [2.75, 3.05) is 12.4 Å². The van der Waals surface area contributed by atoms with Gasteiger partial charge in [0.25, 0.3) is 5.91 Å². The van der Waals surface area contributed by atoms with Gasteiger partial charge in [0.2, 0.25) is 0 Å². The van der Waals surface area contributed by atoms with Crippen molar-refractivity contribution in [3.8, 4) is 0 Å². The molecule has 0 aromatic carbocycles. The highest BCUT2D eigenvalue weighted by molar-refractivity contribution is 7.16. The number of hydrogen-bond acceptors (Lipinski definition) is 5. The first-order valence-electron chi connectivity index (χ1n) is 5.23. The van der Waals surface area contributed by atoms with E-state index in [1.165, 1.54) is 11.3 Å². The monoisotopic (exact) mass is 282 g/mol. The normalized spacial score (nSPS) is 10.1. The zero-order valence-electron chi connectivity index (χ0n) is 9.61. The fourth-order valence-electron chi connectivity index (χ4n) is 1.29. The van der Waals surface area contributed by atoms with Crippen molar-refractivity contribution < 1.29 is 4.79 Å². The van der Waals surface area contributed by atoms with Gasteiger partial charge in [-0.3, -0.25) is 4.79 Å². The van der Waals surface area contributed by atoms with Crippen LogP contribution in [-0.4, -0.2) is 23.2 Å². The van der Waals surface area contributed by atoms with Gasteiger partial charge in [0, 0.05) is 11.9 Å². The largest absolute Gasteiger partial charge is 0.372 e. The summed E-state index contributed by atoms with van der Waals surface area (Å²) in [4.78, 5) is 12.8. The van der Waals surface area contributed by atoms with E-state index in [0.717, 1.165) is 4.88 Å². The molecule has 0 bridgehead atoms. The number of amides is 1. The van der Waals surface area contributed by atoms with Crippen LogP contribution < -0.4 is 10.6 Å². The van der Waals surface area contributed by atoms with Gasteiger partial charge in [-0.25, -0.2) is 0 Å². The van der Waals surface area contributed by atoms with E-state index in [2.05, 4.69) is 20.8 Å². The molecule has 5 nitrogen and oxygen atoms in total. The molecule has 0 aliphatic rings. The molecule has 0 radical (unpaired) electrons. The summed E-state index contributed by atoms with van der Waals surface area (Å²) in [5.41, 5.74) is 0.289. The van der Waals surface area contributed by atoms with Gasteiger partial charge in [-0.1, -0.05) is 11.6 Å². The third-order valence-corrected chi connectivity index (χ3v) is 3.44. The maximum Gasteiger partial charge on any atom is 0.272 e. The van der Waals surface area contributed by atoms with Gasteiger partial charge in [0.05, 0.1) is 10.9 Å². The molecular formula is C11H11ClN4OS. The maximum absolute atomic E-state index is 11.8. The van der Waals surface area contributed by atoms with Gasteiger partial charge < -0.3 is 10.6 Å². The summed E-state index contributed by atoms with van der Waals surface area (Å²) in [6.07, 6.45) is 0. The van der Waals surface area contributed by atoms with Crippen molar-refractivity contribution in [3.63, 3.8) is 0 Å². The SMILES string of the molecule is CNc1ccc(C(=O)NCc2ccc(Cl)s2)nn1. The molecule has 0 saturated heterocycles. The Balaban J connectivity index is 1.94. The van der Waals surface area contributed by atoms with Crippen LogP contribution >= 0.6 is 22.9 Å². The topological polar surface area (TPSA) is 66.9 Å². The fourth-order valence-corrected chi connectivity index (χ4v) is 2.32. The van der Waals surface area contributed by atoms with Crippen LogP contribution in [-0.2, 0) is 6.54 Å². The minimum atomic E-state index is -0.255. The highest BCUT2D eigenvalue weighted by atomic mass is 35.5. The van der Waals surface area contributed by atoms with Crippen LogP contribution in [0.3, 0.4) is 0 Å². The quantitative estimate of drug-likeness (QED) is 0.902. The lowest BCUT2D eigenvalue weighted by Crippen LogP contribution is -2.23. The Hall–Kier alpha value is -1.66. The summed E-state index contributed by atoms with van der Waals surface area (Å²) >= 11 is 7.24. The molecule has 0 atom stereocenters. The number of aromatic nitrogens is 2. The Bertz CT molecular complexity index is 540. The number of thiophene rings is 1. The van der Waals surface area contributed by atoms with Crippen molar-refractivity contribution in [1.29, 1.82) is 0 Å². The van der Waals surface area contributed by atoms with Crippen molar-refractivity contribution in [3.05, 3.63) is 39.2 Å². The number of rotatable bonds is 4. The highest BCUT2D eigenvalue weighted by Gasteiger charge is 2.08. The Morgan fingerprint density at radius 3 is 2.72 bits per heavy atom. The second-order valence-electron chi connectivity index (χ2n) is 3.44. The number of carbonyl (C=O) groups excluding carboxylic acids is 1. The average Bonchev–Trinajstić information content (AvgIpc) is 2.82. The van der Waals surface area contributed by atoms with Crippen molar-refractivity contribution in [1.82, 2.24) is 15.5 Å². The number of nitrogens with one attached hydrogen (secondary N) is 2. The summed E-state index contributed by atoms with van der Waals surface area (Å²) in [6.45, 7) is 0.436. The number of anilines is 1. The summed E-state index contributed by atoms with van der Waals surface area (Å²) in [7, 11) is 1.74. The predicted octanol–water partition coefficient (Wildman–Crippen LogP) is 2.16. The molecule has 18 heavy (non-hydrogen) atoms. The molecule has 0 unspecified atom stereocenters. The van der Waals surface area contributed by atoms with E-state index in [9.17, 15) is 4.79 Å². The van der Waals surface area contributed by atoms with E-state index in [4.69, 9.17) is 11.6 Å². The first-order chi connectivity index (χ1) is 8.69. The second-order valence-corrected chi connectivity index (χ2v) is 5.24.